The van der Waals surface area contributed by atoms with E-state index in [2.05, 4.69) is 12.1 Å². The second kappa shape index (κ2) is 7.56. The molecular formula is C22H20N3O2+. The van der Waals surface area contributed by atoms with Gasteiger partial charge in [0.1, 0.15) is 19.2 Å². The van der Waals surface area contributed by atoms with E-state index >= 15 is 0 Å². The van der Waals surface area contributed by atoms with Crippen LogP contribution in [0.3, 0.4) is 0 Å². The van der Waals surface area contributed by atoms with Crippen LogP contribution in [-0.2, 0) is 24.2 Å². The summed E-state index contributed by atoms with van der Waals surface area (Å²) in [5.41, 5.74) is 4.56. The number of carbonyl (C=O) groups is 1. The molecule has 1 atom stereocenters. The number of para-hydroxylation sites is 1. The average molecular weight is 358 g/mol. The fourth-order valence-electron chi connectivity index (χ4n) is 3.77. The van der Waals surface area contributed by atoms with Crippen LogP contribution >= 0.6 is 0 Å². The van der Waals surface area contributed by atoms with Gasteiger partial charge in [0.25, 0.3) is 0 Å². The lowest BCUT2D eigenvalue weighted by molar-refractivity contribution is -0.929. The van der Waals surface area contributed by atoms with Crippen molar-refractivity contribution in [3.05, 3.63) is 77.0 Å². The average Bonchev–Trinajstić information content (AvgIpc) is 2.71. The number of pyridine rings is 1. The maximum absolute atomic E-state index is 12.7. The normalized spacial score (nSPS) is 15.7. The number of benzene rings is 2. The Morgan fingerprint density at radius 1 is 1.15 bits per heavy atom. The zero-order chi connectivity index (χ0) is 18.6. The van der Waals surface area contributed by atoms with Gasteiger partial charge in [-0.3, -0.25) is 4.98 Å². The number of fused-ring (bicyclic) bond motifs is 2. The van der Waals surface area contributed by atoms with Gasteiger partial charge in [0.05, 0.1) is 23.3 Å². The van der Waals surface area contributed by atoms with Crippen molar-refractivity contribution in [2.24, 2.45) is 0 Å². The molecule has 0 amide bonds. The molecule has 4 rings (SSSR count). The summed E-state index contributed by atoms with van der Waals surface area (Å²) >= 11 is 0. The molecule has 1 aromatic heterocycles. The number of nitrogens with zero attached hydrogens (tertiary/aromatic N) is 2. The number of aromatic nitrogens is 1. The van der Waals surface area contributed by atoms with E-state index < -0.39 is 5.97 Å². The lowest BCUT2D eigenvalue weighted by Crippen LogP contribution is -3.10. The van der Waals surface area contributed by atoms with Gasteiger partial charge in [0.15, 0.2) is 6.61 Å². The molecule has 134 valence electrons. The molecule has 0 radical (unpaired) electrons. The monoisotopic (exact) mass is 358 g/mol. The Kier molecular flexibility index (Phi) is 4.82. The van der Waals surface area contributed by atoms with E-state index in [9.17, 15) is 4.79 Å². The van der Waals surface area contributed by atoms with E-state index in [4.69, 9.17) is 15.0 Å². The van der Waals surface area contributed by atoms with Gasteiger partial charge >= 0.3 is 5.97 Å². The van der Waals surface area contributed by atoms with Crippen molar-refractivity contribution in [3.63, 3.8) is 0 Å². The number of carbonyl (C=O) groups excluding carboxylic acids is 1. The van der Waals surface area contributed by atoms with Crippen LogP contribution in [0.15, 0.2) is 54.6 Å². The number of hydrogen-bond acceptors (Lipinski definition) is 4. The van der Waals surface area contributed by atoms with Gasteiger partial charge in [0.2, 0.25) is 0 Å². The largest absolute Gasteiger partial charge is 0.447 e. The van der Waals surface area contributed by atoms with Crippen LogP contribution in [0.2, 0.25) is 0 Å². The summed E-state index contributed by atoms with van der Waals surface area (Å²) in [6, 6.07) is 19.9. The Labute approximate surface area is 157 Å². The smallest absolute Gasteiger partial charge is 0.340 e. The fourth-order valence-corrected chi connectivity index (χ4v) is 3.77. The van der Waals surface area contributed by atoms with Gasteiger partial charge in [0, 0.05) is 22.9 Å². The molecule has 5 heteroatoms. The number of hydrogen-bond donors (Lipinski definition) is 1. The first-order valence-electron chi connectivity index (χ1n) is 9.08. The molecule has 0 fully saturated rings. The molecule has 0 saturated carbocycles. The fraction of sp³-hybridized carbons (Fsp3) is 0.227. The van der Waals surface area contributed by atoms with E-state index in [1.54, 1.807) is 0 Å². The van der Waals surface area contributed by atoms with Crippen LogP contribution in [-0.4, -0.2) is 24.1 Å². The predicted octanol–water partition coefficient (Wildman–Crippen LogP) is 2.06. The molecule has 0 bridgehead atoms. The van der Waals surface area contributed by atoms with E-state index in [0.29, 0.717) is 5.56 Å². The minimum absolute atomic E-state index is 0.245. The minimum atomic E-state index is -0.438. The Hall–Kier alpha value is -3.23. The zero-order valence-corrected chi connectivity index (χ0v) is 14.9. The van der Waals surface area contributed by atoms with Crippen molar-refractivity contribution in [2.45, 2.75) is 19.5 Å². The third kappa shape index (κ3) is 3.53. The summed E-state index contributed by atoms with van der Waals surface area (Å²) in [6.45, 7) is 2.35. The van der Waals surface area contributed by atoms with Crippen LogP contribution in [0.5, 0.6) is 0 Å². The van der Waals surface area contributed by atoms with Crippen molar-refractivity contribution in [1.29, 1.82) is 5.26 Å². The topological polar surface area (TPSA) is 67.4 Å². The molecule has 1 aliphatic rings. The molecule has 2 aromatic carbocycles. The molecule has 27 heavy (non-hydrogen) atoms. The van der Waals surface area contributed by atoms with E-state index in [-0.39, 0.29) is 6.61 Å². The van der Waals surface area contributed by atoms with Gasteiger partial charge < -0.3 is 9.64 Å². The van der Waals surface area contributed by atoms with E-state index in [1.165, 1.54) is 10.5 Å². The molecule has 1 unspecified atom stereocenters. The summed E-state index contributed by atoms with van der Waals surface area (Å²) < 4.78 is 5.17. The number of rotatable bonds is 4. The van der Waals surface area contributed by atoms with Gasteiger partial charge in [-0.1, -0.05) is 48.5 Å². The van der Waals surface area contributed by atoms with Crippen LogP contribution in [0.25, 0.3) is 10.9 Å². The molecule has 1 aliphatic heterocycles. The summed E-state index contributed by atoms with van der Waals surface area (Å²) in [5, 5.41) is 9.57. The summed E-state index contributed by atoms with van der Waals surface area (Å²) in [5.74, 6) is -0.438. The van der Waals surface area contributed by atoms with Gasteiger partial charge in [-0.05, 0) is 6.07 Å². The first-order chi connectivity index (χ1) is 13.3. The summed E-state index contributed by atoms with van der Waals surface area (Å²) in [4.78, 5) is 18.9. The number of nitriles is 1. The summed E-state index contributed by atoms with van der Waals surface area (Å²) in [6.07, 6.45) is 0.820. The van der Waals surface area contributed by atoms with E-state index in [0.717, 1.165) is 48.2 Å². The minimum Gasteiger partial charge on any atom is -0.447 e. The Bertz CT molecular complexity index is 1020. The molecule has 0 saturated heterocycles. The SMILES string of the molecule is N#CCOC(=O)c1c2c(nc3ccccc13)CC[NH+](Cc1ccccc1)C2. The van der Waals surface area contributed by atoms with Crippen molar-refractivity contribution in [1.82, 2.24) is 4.98 Å². The lowest BCUT2D eigenvalue weighted by Gasteiger charge is -2.27. The molecule has 2 heterocycles. The van der Waals surface area contributed by atoms with Gasteiger partial charge in [-0.2, -0.15) is 5.26 Å². The molecule has 3 aromatic rings. The first-order valence-corrected chi connectivity index (χ1v) is 9.08. The zero-order valence-electron chi connectivity index (χ0n) is 14.9. The standard InChI is InChI=1S/C22H19N3O2/c23-11-13-27-22(26)21-17-8-4-5-9-19(17)24-20-10-12-25(15-18(20)21)14-16-6-2-1-3-7-16/h1-9H,10,12-15H2/p+1. The van der Waals surface area contributed by atoms with E-state index in [1.807, 2.05) is 48.5 Å². The maximum Gasteiger partial charge on any atom is 0.340 e. The number of ether oxygens (including phenoxy) is 1. The van der Waals surface area contributed by atoms with Crippen molar-refractivity contribution in [3.8, 4) is 6.07 Å². The Morgan fingerprint density at radius 2 is 1.93 bits per heavy atom. The molecule has 5 nitrogen and oxygen atoms in total. The second-order valence-corrected chi connectivity index (χ2v) is 6.75. The molecule has 0 spiro atoms. The molecule has 1 N–H and O–H groups in total. The Morgan fingerprint density at radius 3 is 2.74 bits per heavy atom. The highest BCUT2D eigenvalue weighted by molar-refractivity contribution is 6.05. The number of nitrogens with one attached hydrogen (secondary N) is 1. The quantitative estimate of drug-likeness (QED) is 0.725. The highest BCUT2D eigenvalue weighted by Gasteiger charge is 2.28. The third-order valence-corrected chi connectivity index (χ3v) is 4.99. The van der Waals surface area contributed by atoms with Gasteiger partial charge in [-0.25, -0.2) is 4.79 Å². The van der Waals surface area contributed by atoms with Crippen molar-refractivity contribution in [2.75, 3.05) is 13.2 Å². The molecule has 0 aliphatic carbocycles. The van der Waals surface area contributed by atoms with Crippen molar-refractivity contribution >= 4 is 16.9 Å². The predicted molar refractivity (Wildman–Crippen MR) is 101 cm³/mol. The number of quaternary nitrogens is 1. The molecular weight excluding hydrogens is 338 g/mol. The second-order valence-electron chi connectivity index (χ2n) is 6.75. The summed E-state index contributed by atoms with van der Waals surface area (Å²) in [7, 11) is 0. The highest BCUT2D eigenvalue weighted by Crippen LogP contribution is 2.25. The highest BCUT2D eigenvalue weighted by atomic mass is 16.5. The maximum atomic E-state index is 12.7. The Balaban J connectivity index is 1.73. The lowest BCUT2D eigenvalue weighted by atomic mass is 9.95. The third-order valence-electron chi connectivity index (χ3n) is 4.99. The first kappa shape index (κ1) is 17.2. The number of esters is 1. The van der Waals surface area contributed by atoms with Crippen LogP contribution in [0.1, 0.15) is 27.2 Å². The van der Waals surface area contributed by atoms with Crippen molar-refractivity contribution < 1.29 is 14.4 Å². The van der Waals surface area contributed by atoms with Crippen LogP contribution in [0.4, 0.5) is 0 Å². The van der Waals surface area contributed by atoms with Crippen LogP contribution in [0, 0.1) is 11.3 Å². The van der Waals surface area contributed by atoms with Gasteiger partial charge in [-0.15, -0.1) is 0 Å². The van der Waals surface area contributed by atoms with Crippen LogP contribution < -0.4 is 4.90 Å².